The Morgan fingerprint density at radius 1 is 1.19 bits per heavy atom. The molecule has 108 valence electrons. The van der Waals surface area contributed by atoms with Gasteiger partial charge in [0.2, 0.25) is 0 Å². The van der Waals surface area contributed by atoms with Gasteiger partial charge >= 0.3 is 0 Å². The first-order valence-electron chi connectivity index (χ1n) is 6.78. The summed E-state index contributed by atoms with van der Waals surface area (Å²) in [4.78, 5) is 30.2. The Kier molecular flexibility index (Phi) is 3.17. The minimum atomic E-state index is -0.469. The fourth-order valence-electron chi connectivity index (χ4n) is 2.27. The SMILES string of the molecule is CC(C)(C)c1csc(CN2C(=O)C(=O)c3ccccc32)n1. The molecule has 0 fully saturated rings. The van der Waals surface area contributed by atoms with Crippen molar-refractivity contribution in [2.45, 2.75) is 32.7 Å². The number of carbonyl (C=O) groups is 2. The summed E-state index contributed by atoms with van der Waals surface area (Å²) in [5, 5.41) is 2.86. The number of carbonyl (C=O) groups excluding carboxylic acids is 2. The van der Waals surface area contributed by atoms with Gasteiger partial charge in [0.25, 0.3) is 11.7 Å². The van der Waals surface area contributed by atoms with Gasteiger partial charge in [-0.1, -0.05) is 32.9 Å². The van der Waals surface area contributed by atoms with E-state index in [9.17, 15) is 9.59 Å². The predicted molar refractivity (Wildman–Crippen MR) is 82.8 cm³/mol. The van der Waals surface area contributed by atoms with Gasteiger partial charge in [-0.15, -0.1) is 11.3 Å². The number of thiazole rings is 1. The summed E-state index contributed by atoms with van der Waals surface area (Å²) < 4.78 is 0. The summed E-state index contributed by atoms with van der Waals surface area (Å²) in [7, 11) is 0. The third-order valence-electron chi connectivity index (χ3n) is 3.49. The summed E-state index contributed by atoms with van der Waals surface area (Å²) in [6, 6.07) is 7.10. The van der Waals surface area contributed by atoms with Crippen LogP contribution in [0.25, 0.3) is 0 Å². The zero-order valence-corrected chi connectivity index (χ0v) is 13.0. The second-order valence-corrected chi connectivity index (χ2v) is 7.06. The predicted octanol–water partition coefficient (Wildman–Crippen LogP) is 3.17. The number of benzene rings is 1. The van der Waals surface area contributed by atoms with Crippen molar-refractivity contribution in [1.82, 2.24) is 4.98 Å². The van der Waals surface area contributed by atoms with Crippen molar-refractivity contribution >= 4 is 28.7 Å². The first kappa shape index (κ1) is 13.9. The lowest BCUT2D eigenvalue weighted by Gasteiger charge is -2.16. The highest BCUT2D eigenvalue weighted by Gasteiger charge is 2.35. The van der Waals surface area contributed by atoms with E-state index in [1.807, 2.05) is 11.4 Å². The van der Waals surface area contributed by atoms with E-state index < -0.39 is 11.7 Å². The third kappa shape index (κ3) is 2.38. The van der Waals surface area contributed by atoms with Gasteiger partial charge in [0.15, 0.2) is 0 Å². The molecule has 4 nitrogen and oxygen atoms in total. The Morgan fingerprint density at radius 3 is 2.57 bits per heavy atom. The lowest BCUT2D eigenvalue weighted by Crippen LogP contribution is -2.29. The number of Topliss-reactive ketones (excluding diaryl/α,β-unsaturated/α-hetero) is 1. The van der Waals surface area contributed by atoms with E-state index in [2.05, 4.69) is 25.8 Å². The number of aromatic nitrogens is 1. The van der Waals surface area contributed by atoms with Crippen LogP contribution >= 0.6 is 11.3 Å². The fraction of sp³-hybridized carbons (Fsp3) is 0.312. The number of amides is 1. The Balaban J connectivity index is 1.90. The topological polar surface area (TPSA) is 50.3 Å². The van der Waals surface area contributed by atoms with Crippen molar-refractivity contribution in [2.24, 2.45) is 0 Å². The average Bonchev–Trinajstić information content (AvgIpc) is 2.99. The van der Waals surface area contributed by atoms with E-state index in [1.54, 1.807) is 18.2 Å². The van der Waals surface area contributed by atoms with E-state index in [0.29, 0.717) is 17.8 Å². The number of nitrogens with zero attached hydrogens (tertiary/aromatic N) is 2. The van der Waals surface area contributed by atoms with Crippen LogP contribution in [-0.2, 0) is 16.8 Å². The first-order chi connectivity index (χ1) is 9.88. The van der Waals surface area contributed by atoms with Crippen LogP contribution in [0.4, 0.5) is 5.69 Å². The number of anilines is 1. The molecule has 2 heterocycles. The van der Waals surface area contributed by atoms with Crippen LogP contribution in [0, 0.1) is 0 Å². The molecule has 21 heavy (non-hydrogen) atoms. The highest BCUT2D eigenvalue weighted by molar-refractivity contribution is 7.09. The van der Waals surface area contributed by atoms with Crippen LogP contribution in [0.2, 0.25) is 0 Å². The lowest BCUT2D eigenvalue weighted by atomic mass is 9.93. The van der Waals surface area contributed by atoms with E-state index >= 15 is 0 Å². The van der Waals surface area contributed by atoms with Crippen LogP contribution < -0.4 is 4.90 Å². The van der Waals surface area contributed by atoms with Crippen LogP contribution in [0.5, 0.6) is 0 Å². The van der Waals surface area contributed by atoms with E-state index in [1.165, 1.54) is 16.2 Å². The molecular formula is C16H16N2O2S. The van der Waals surface area contributed by atoms with Crippen LogP contribution in [-0.4, -0.2) is 16.7 Å². The molecule has 0 N–H and O–H groups in total. The molecule has 2 aromatic rings. The molecule has 5 heteroatoms. The Hall–Kier alpha value is -2.01. The lowest BCUT2D eigenvalue weighted by molar-refractivity contribution is -0.114. The highest BCUT2D eigenvalue weighted by Crippen LogP contribution is 2.31. The van der Waals surface area contributed by atoms with Crippen molar-refractivity contribution in [1.29, 1.82) is 0 Å². The molecule has 0 atom stereocenters. The smallest absolute Gasteiger partial charge is 0.298 e. The molecule has 0 bridgehead atoms. The van der Waals surface area contributed by atoms with E-state index in [0.717, 1.165) is 10.7 Å². The Labute approximate surface area is 127 Å². The fourth-order valence-corrected chi connectivity index (χ4v) is 3.28. The van der Waals surface area contributed by atoms with Gasteiger partial charge in [0.1, 0.15) is 5.01 Å². The van der Waals surface area contributed by atoms with Gasteiger partial charge in [-0.2, -0.15) is 0 Å². The normalized spacial score (nSPS) is 14.7. The molecule has 0 saturated heterocycles. The number of para-hydroxylation sites is 1. The Morgan fingerprint density at radius 2 is 1.90 bits per heavy atom. The quantitative estimate of drug-likeness (QED) is 0.800. The molecule has 1 aliphatic rings. The molecular weight excluding hydrogens is 284 g/mol. The molecule has 1 aliphatic heterocycles. The van der Waals surface area contributed by atoms with Gasteiger partial charge in [0.05, 0.1) is 23.5 Å². The molecule has 0 spiro atoms. The number of fused-ring (bicyclic) bond motifs is 1. The largest absolute Gasteiger partial charge is 0.299 e. The highest BCUT2D eigenvalue weighted by atomic mass is 32.1. The number of hydrogen-bond donors (Lipinski definition) is 0. The van der Waals surface area contributed by atoms with E-state index in [4.69, 9.17) is 0 Å². The minimum absolute atomic E-state index is 0.0164. The third-order valence-corrected chi connectivity index (χ3v) is 4.33. The van der Waals surface area contributed by atoms with Crippen LogP contribution in [0.1, 0.15) is 41.8 Å². The molecule has 3 rings (SSSR count). The van der Waals surface area contributed by atoms with Crippen molar-refractivity contribution in [3.8, 4) is 0 Å². The van der Waals surface area contributed by atoms with Gasteiger partial charge in [0, 0.05) is 10.8 Å². The maximum Gasteiger partial charge on any atom is 0.299 e. The van der Waals surface area contributed by atoms with Crippen molar-refractivity contribution in [3.05, 3.63) is 45.9 Å². The molecule has 1 amide bonds. The molecule has 1 aromatic heterocycles. The van der Waals surface area contributed by atoms with Crippen molar-refractivity contribution in [2.75, 3.05) is 4.90 Å². The minimum Gasteiger partial charge on any atom is -0.298 e. The molecule has 1 aromatic carbocycles. The zero-order chi connectivity index (χ0) is 15.2. The maximum atomic E-state index is 12.1. The maximum absolute atomic E-state index is 12.1. The summed E-state index contributed by atoms with van der Waals surface area (Å²) in [6.45, 7) is 6.66. The van der Waals surface area contributed by atoms with Gasteiger partial charge in [-0.25, -0.2) is 4.98 Å². The molecule has 0 saturated carbocycles. The average molecular weight is 300 g/mol. The summed E-state index contributed by atoms with van der Waals surface area (Å²) in [5.74, 6) is -0.901. The van der Waals surface area contributed by atoms with Crippen LogP contribution in [0.3, 0.4) is 0 Å². The summed E-state index contributed by atoms with van der Waals surface area (Å²) >= 11 is 1.52. The zero-order valence-electron chi connectivity index (χ0n) is 12.2. The number of hydrogen-bond acceptors (Lipinski definition) is 4. The standard InChI is InChI=1S/C16H16N2O2S/c1-16(2,3)12-9-21-13(17-12)8-18-11-7-5-4-6-10(11)14(19)15(18)20/h4-7,9H,8H2,1-3H3. The van der Waals surface area contributed by atoms with Crippen LogP contribution in [0.15, 0.2) is 29.6 Å². The second kappa shape index (κ2) is 4.77. The van der Waals surface area contributed by atoms with Crippen molar-refractivity contribution < 1.29 is 9.59 Å². The van der Waals surface area contributed by atoms with Gasteiger partial charge in [-0.3, -0.25) is 14.5 Å². The molecule has 0 aliphatic carbocycles. The molecule has 0 radical (unpaired) electrons. The second-order valence-electron chi connectivity index (χ2n) is 6.11. The summed E-state index contributed by atoms with van der Waals surface area (Å²) in [5.41, 5.74) is 2.15. The van der Waals surface area contributed by atoms with Gasteiger partial charge in [-0.05, 0) is 12.1 Å². The Bertz CT molecular complexity index is 728. The van der Waals surface area contributed by atoms with E-state index in [-0.39, 0.29) is 5.41 Å². The summed E-state index contributed by atoms with van der Waals surface area (Å²) in [6.07, 6.45) is 0. The van der Waals surface area contributed by atoms with Gasteiger partial charge < -0.3 is 0 Å². The van der Waals surface area contributed by atoms with Crippen molar-refractivity contribution in [3.63, 3.8) is 0 Å². The molecule has 0 unspecified atom stereocenters. The monoisotopic (exact) mass is 300 g/mol. The number of rotatable bonds is 2. The number of ketones is 1. The first-order valence-corrected chi connectivity index (χ1v) is 7.66.